The minimum atomic E-state index is 0.290. The van der Waals surface area contributed by atoms with Gasteiger partial charge >= 0.3 is 0 Å². The molecule has 10 heteroatoms. The van der Waals surface area contributed by atoms with Gasteiger partial charge in [0, 0.05) is 35.6 Å². The number of fused-ring (bicyclic) bond motifs is 2. The fourth-order valence-corrected chi connectivity index (χ4v) is 6.60. The van der Waals surface area contributed by atoms with Gasteiger partial charge in [0.1, 0.15) is 23.7 Å². The zero-order valence-corrected chi connectivity index (χ0v) is 23.3. The quantitative estimate of drug-likeness (QED) is 0.294. The lowest BCUT2D eigenvalue weighted by Crippen LogP contribution is -2.45. The molecule has 0 bridgehead atoms. The largest absolute Gasteiger partial charge is 0.383 e. The summed E-state index contributed by atoms with van der Waals surface area (Å²) in [4.78, 5) is 19.9. The number of benzene rings is 2. The van der Waals surface area contributed by atoms with Crippen LogP contribution in [0.15, 0.2) is 53.3 Å². The topological polar surface area (TPSA) is 111 Å². The highest BCUT2D eigenvalue weighted by atomic mass is 79.9. The predicted molar refractivity (Wildman–Crippen MR) is 155 cm³/mol. The van der Waals surface area contributed by atoms with Gasteiger partial charge in [0.05, 0.1) is 35.7 Å². The summed E-state index contributed by atoms with van der Waals surface area (Å²) in [6.45, 7) is 3.76. The van der Waals surface area contributed by atoms with E-state index in [9.17, 15) is 0 Å². The minimum Gasteiger partial charge on any atom is -0.383 e. The SMILES string of the molecule is Nc1ncnc2c1c(-c1ccc3[nH]c(Cc4ccccc4Br)nc3c1)nn2C1CCC(N2CCOCC2)CC1. The van der Waals surface area contributed by atoms with Crippen molar-refractivity contribution in [1.82, 2.24) is 34.6 Å². The van der Waals surface area contributed by atoms with Crippen LogP contribution in [0.25, 0.3) is 33.3 Å². The summed E-state index contributed by atoms with van der Waals surface area (Å²) in [6, 6.07) is 15.4. The molecule has 9 nitrogen and oxygen atoms in total. The highest BCUT2D eigenvalue weighted by molar-refractivity contribution is 9.10. The third kappa shape index (κ3) is 4.70. The van der Waals surface area contributed by atoms with Gasteiger partial charge in [0.2, 0.25) is 0 Å². The lowest BCUT2D eigenvalue weighted by molar-refractivity contribution is 0.00520. The Labute approximate surface area is 234 Å². The second kappa shape index (κ2) is 10.3. The van der Waals surface area contributed by atoms with E-state index in [4.69, 9.17) is 20.6 Å². The molecule has 200 valence electrons. The van der Waals surface area contributed by atoms with Gasteiger partial charge in [-0.3, -0.25) is 4.90 Å². The first-order valence-electron chi connectivity index (χ1n) is 13.7. The number of nitrogens with one attached hydrogen (secondary N) is 1. The Morgan fingerprint density at radius 2 is 1.79 bits per heavy atom. The smallest absolute Gasteiger partial charge is 0.164 e. The number of anilines is 1. The number of H-pyrrole nitrogens is 1. The molecule has 7 rings (SSSR count). The molecule has 0 unspecified atom stereocenters. The average molecular weight is 588 g/mol. The van der Waals surface area contributed by atoms with Crippen molar-refractivity contribution >= 4 is 43.8 Å². The molecule has 5 aromatic rings. The molecule has 1 saturated heterocycles. The molecule has 1 saturated carbocycles. The molecule has 2 fully saturated rings. The number of nitrogens with zero attached hydrogens (tertiary/aromatic N) is 6. The number of hydrogen-bond donors (Lipinski definition) is 2. The molecule has 0 amide bonds. The Balaban J connectivity index is 1.19. The van der Waals surface area contributed by atoms with E-state index in [0.717, 1.165) is 102 Å². The number of rotatable bonds is 5. The number of imidazole rings is 1. The number of aromatic amines is 1. The van der Waals surface area contributed by atoms with Gasteiger partial charge in [0.15, 0.2) is 5.65 Å². The molecule has 2 aromatic carbocycles. The highest BCUT2D eigenvalue weighted by Gasteiger charge is 2.30. The maximum atomic E-state index is 6.42. The Kier molecular flexibility index (Phi) is 6.54. The molecule has 0 spiro atoms. The van der Waals surface area contributed by atoms with E-state index < -0.39 is 0 Å². The third-order valence-electron chi connectivity index (χ3n) is 8.21. The van der Waals surface area contributed by atoms with Crippen LogP contribution in [-0.2, 0) is 11.2 Å². The van der Waals surface area contributed by atoms with Crippen LogP contribution in [0.5, 0.6) is 0 Å². The molecule has 2 aliphatic rings. The minimum absolute atomic E-state index is 0.290. The lowest BCUT2D eigenvalue weighted by Gasteiger charge is -2.38. The number of nitrogen functional groups attached to an aromatic ring is 1. The Bertz CT molecular complexity index is 1630. The van der Waals surface area contributed by atoms with Crippen LogP contribution in [0.2, 0.25) is 0 Å². The fourth-order valence-electron chi connectivity index (χ4n) is 6.17. The number of nitrogens with two attached hydrogens (primary N) is 1. The number of hydrogen-bond acceptors (Lipinski definition) is 7. The van der Waals surface area contributed by atoms with Gasteiger partial charge < -0.3 is 15.5 Å². The first-order valence-corrected chi connectivity index (χ1v) is 14.5. The molecule has 0 radical (unpaired) electrons. The maximum Gasteiger partial charge on any atom is 0.164 e. The van der Waals surface area contributed by atoms with Crippen molar-refractivity contribution in [2.75, 3.05) is 32.0 Å². The molecule has 1 aliphatic heterocycles. The zero-order chi connectivity index (χ0) is 26.3. The summed E-state index contributed by atoms with van der Waals surface area (Å²) in [5.41, 5.74) is 12.1. The molecule has 4 heterocycles. The summed E-state index contributed by atoms with van der Waals surface area (Å²) in [5.74, 6) is 1.38. The molecular weight excluding hydrogens is 556 g/mol. The van der Waals surface area contributed by atoms with Crippen molar-refractivity contribution in [3.63, 3.8) is 0 Å². The van der Waals surface area contributed by atoms with Crippen molar-refractivity contribution in [3.05, 3.63) is 64.7 Å². The molecule has 1 aliphatic carbocycles. The van der Waals surface area contributed by atoms with Gasteiger partial charge in [-0.05, 0) is 49.4 Å². The van der Waals surface area contributed by atoms with Crippen molar-refractivity contribution in [1.29, 1.82) is 0 Å². The summed E-state index contributed by atoms with van der Waals surface area (Å²) >= 11 is 3.64. The summed E-state index contributed by atoms with van der Waals surface area (Å²) in [6.07, 6.45) is 6.71. The lowest BCUT2D eigenvalue weighted by atomic mass is 9.90. The fraction of sp³-hybridized carbons (Fsp3) is 0.379. The van der Waals surface area contributed by atoms with Crippen LogP contribution in [0, 0.1) is 0 Å². The predicted octanol–water partition coefficient (Wildman–Crippen LogP) is 5.12. The monoisotopic (exact) mass is 586 g/mol. The summed E-state index contributed by atoms with van der Waals surface area (Å²) in [5, 5.41) is 5.95. The van der Waals surface area contributed by atoms with Gasteiger partial charge in [0.25, 0.3) is 0 Å². The number of morpholine rings is 1. The van der Waals surface area contributed by atoms with E-state index in [-0.39, 0.29) is 6.04 Å². The van der Waals surface area contributed by atoms with E-state index in [2.05, 4.69) is 70.8 Å². The molecule has 3 N–H and O–H groups in total. The van der Waals surface area contributed by atoms with E-state index in [1.54, 1.807) is 6.33 Å². The van der Waals surface area contributed by atoms with Crippen LogP contribution in [0.4, 0.5) is 5.82 Å². The van der Waals surface area contributed by atoms with Crippen LogP contribution < -0.4 is 5.73 Å². The Morgan fingerprint density at radius 1 is 1.00 bits per heavy atom. The normalized spacial score (nSPS) is 20.6. The molecule has 39 heavy (non-hydrogen) atoms. The summed E-state index contributed by atoms with van der Waals surface area (Å²) < 4.78 is 8.74. The number of aromatic nitrogens is 6. The maximum absolute atomic E-state index is 6.42. The van der Waals surface area contributed by atoms with E-state index in [0.29, 0.717) is 11.9 Å². The van der Waals surface area contributed by atoms with Gasteiger partial charge in [-0.2, -0.15) is 5.10 Å². The van der Waals surface area contributed by atoms with Crippen molar-refractivity contribution in [2.45, 2.75) is 44.2 Å². The van der Waals surface area contributed by atoms with Crippen molar-refractivity contribution in [2.24, 2.45) is 0 Å². The summed E-state index contributed by atoms with van der Waals surface area (Å²) in [7, 11) is 0. The second-order valence-electron chi connectivity index (χ2n) is 10.5. The molecular formula is C29H31BrN8O. The van der Waals surface area contributed by atoms with Gasteiger partial charge in [-0.15, -0.1) is 0 Å². The standard InChI is InChI=1S/C29H31BrN8O/c30-22-4-2-1-3-18(22)16-25-34-23-10-5-19(15-24(23)35-25)27-26-28(31)32-17-33-29(26)38(36-27)21-8-6-20(7-9-21)37-11-13-39-14-12-37/h1-5,10,15,17,20-21H,6-9,11-14,16H2,(H,34,35)(H2,31,32,33). The van der Waals surface area contributed by atoms with E-state index in [1.165, 1.54) is 5.56 Å². The Morgan fingerprint density at radius 3 is 2.62 bits per heavy atom. The highest BCUT2D eigenvalue weighted by Crippen LogP contribution is 2.37. The first kappa shape index (κ1) is 24.7. The van der Waals surface area contributed by atoms with Crippen molar-refractivity contribution < 1.29 is 4.74 Å². The molecule has 3 aromatic heterocycles. The third-order valence-corrected chi connectivity index (χ3v) is 8.99. The second-order valence-corrected chi connectivity index (χ2v) is 11.4. The van der Waals surface area contributed by atoms with E-state index in [1.807, 2.05) is 12.1 Å². The number of ether oxygens (including phenoxy) is 1. The molecule has 0 atom stereocenters. The van der Waals surface area contributed by atoms with Crippen LogP contribution >= 0.6 is 15.9 Å². The van der Waals surface area contributed by atoms with Gasteiger partial charge in [-0.1, -0.05) is 40.2 Å². The number of halogens is 1. The van der Waals surface area contributed by atoms with Gasteiger partial charge in [-0.25, -0.2) is 19.6 Å². The first-order chi connectivity index (χ1) is 19.1. The zero-order valence-electron chi connectivity index (χ0n) is 21.7. The van der Waals surface area contributed by atoms with Crippen LogP contribution in [0.1, 0.15) is 43.1 Å². The van der Waals surface area contributed by atoms with Crippen LogP contribution in [-0.4, -0.2) is 67.0 Å². The van der Waals surface area contributed by atoms with E-state index >= 15 is 0 Å². The Hall–Kier alpha value is -3.34. The van der Waals surface area contributed by atoms with Crippen LogP contribution in [0.3, 0.4) is 0 Å². The average Bonchev–Trinajstić information content (AvgIpc) is 3.56. The van der Waals surface area contributed by atoms with Crippen molar-refractivity contribution in [3.8, 4) is 11.3 Å².